The summed E-state index contributed by atoms with van der Waals surface area (Å²) < 4.78 is 11.7. The van der Waals surface area contributed by atoms with Gasteiger partial charge in [0.05, 0.1) is 11.8 Å². The van der Waals surface area contributed by atoms with Crippen LogP contribution < -0.4 is 10.1 Å². The van der Waals surface area contributed by atoms with Crippen LogP contribution in [0.4, 0.5) is 0 Å². The maximum Gasteiger partial charge on any atom is 0.219 e. The number of nitrogens with zero attached hydrogens (tertiary/aromatic N) is 2. The zero-order valence-electron chi connectivity index (χ0n) is 11.4. The number of rotatable bonds is 3. The van der Waals surface area contributed by atoms with Crippen LogP contribution in [0.1, 0.15) is 31.0 Å². The minimum Gasteiger partial charge on any atom is -0.475 e. The van der Waals surface area contributed by atoms with E-state index in [9.17, 15) is 0 Å². The van der Waals surface area contributed by atoms with Crippen molar-refractivity contribution in [3.63, 3.8) is 0 Å². The molecule has 2 heterocycles. The number of hydrogen-bond donors (Lipinski definition) is 1. The Kier molecular flexibility index (Phi) is 3.94. The van der Waals surface area contributed by atoms with Gasteiger partial charge in [-0.2, -0.15) is 0 Å². The molecule has 0 spiro atoms. The highest BCUT2D eigenvalue weighted by molar-refractivity contribution is 5.31. The summed E-state index contributed by atoms with van der Waals surface area (Å²) in [6, 6.07) is 0. The molecule has 1 aliphatic heterocycles. The van der Waals surface area contributed by atoms with Crippen LogP contribution in [-0.4, -0.2) is 41.9 Å². The Morgan fingerprint density at radius 1 is 1.32 bits per heavy atom. The molecule has 3 rings (SSSR count). The molecular formula is C14H21N3O2. The van der Waals surface area contributed by atoms with Crippen LogP contribution in [0.15, 0.2) is 6.33 Å². The lowest BCUT2D eigenvalue weighted by molar-refractivity contribution is -0.0478. The van der Waals surface area contributed by atoms with Crippen LogP contribution in [0, 0.1) is 0 Å². The number of fused-ring (bicyclic) bond motifs is 1. The van der Waals surface area contributed by atoms with E-state index in [-0.39, 0.29) is 12.2 Å². The van der Waals surface area contributed by atoms with Crippen LogP contribution >= 0.6 is 0 Å². The maximum atomic E-state index is 5.88. The summed E-state index contributed by atoms with van der Waals surface area (Å²) in [5.74, 6) is 0.756. The summed E-state index contributed by atoms with van der Waals surface area (Å²) in [5, 5.41) is 3.35. The molecule has 0 bridgehead atoms. The Morgan fingerprint density at radius 2 is 2.21 bits per heavy atom. The lowest BCUT2D eigenvalue weighted by atomic mass is 9.97. The first-order chi connectivity index (χ1) is 9.33. The molecule has 0 saturated carbocycles. The first-order valence-corrected chi connectivity index (χ1v) is 7.14. The zero-order valence-corrected chi connectivity index (χ0v) is 11.4. The lowest BCUT2D eigenvalue weighted by Crippen LogP contribution is -2.46. The van der Waals surface area contributed by atoms with Gasteiger partial charge in [0.25, 0.3) is 0 Å². The van der Waals surface area contributed by atoms with Gasteiger partial charge in [-0.3, -0.25) is 0 Å². The van der Waals surface area contributed by atoms with Gasteiger partial charge in [0.15, 0.2) is 0 Å². The third-order valence-electron chi connectivity index (χ3n) is 3.72. The molecule has 0 radical (unpaired) electrons. The lowest BCUT2D eigenvalue weighted by Gasteiger charge is -2.28. The Bertz CT molecular complexity index is 439. The van der Waals surface area contributed by atoms with E-state index in [1.54, 1.807) is 6.33 Å². The van der Waals surface area contributed by atoms with Crippen molar-refractivity contribution in [2.75, 3.05) is 19.7 Å². The Balaban J connectivity index is 1.63. The van der Waals surface area contributed by atoms with E-state index in [0.717, 1.165) is 37.5 Å². The van der Waals surface area contributed by atoms with E-state index in [2.05, 4.69) is 22.2 Å². The molecule has 1 N–H and O–H groups in total. The predicted molar refractivity (Wildman–Crippen MR) is 71.4 cm³/mol. The van der Waals surface area contributed by atoms with Crippen molar-refractivity contribution in [2.24, 2.45) is 0 Å². The summed E-state index contributed by atoms with van der Waals surface area (Å²) in [6.45, 7) is 4.39. The van der Waals surface area contributed by atoms with Crippen molar-refractivity contribution in [3.05, 3.63) is 17.6 Å². The van der Waals surface area contributed by atoms with Crippen molar-refractivity contribution >= 4 is 0 Å². The second kappa shape index (κ2) is 5.84. The third kappa shape index (κ3) is 3.04. The van der Waals surface area contributed by atoms with Crippen molar-refractivity contribution in [1.29, 1.82) is 0 Å². The number of ether oxygens (including phenoxy) is 2. The molecule has 2 atom stereocenters. The maximum absolute atomic E-state index is 5.88. The van der Waals surface area contributed by atoms with Gasteiger partial charge in [-0.25, -0.2) is 9.97 Å². The Labute approximate surface area is 113 Å². The zero-order chi connectivity index (χ0) is 13.1. The summed E-state index contributed by atoms with van der Waals surface area (Å²) in [5.41, 5.74) is 2.36. The molecule has 0 amide bonds. The molecule has 2 unspecified atom stereocenters. The topological polar surface area (TPSA) is 56.3 Å². The van der Waals surface area contributed by atoms with E-state index in [4.69, 9.17) is 9.47 Å². The van der Waals surface area contributed by atoms with Gasteiger partial charge in [-0.1, -0.05) is 0 Å². The first-order valence-electron chi connectivity index (χ1n) is 7.14. The monoisotopic (exact) mass is 263 g/mol. The summed E-state index contributed by atoms with van der Waals surface area (Å²) >= 11 is 0. The van der Waals surface area contributed by atoms with Crippen LogP contribution in [-0.2, 0) is 17.6 Å². The van der Waals surface area contributed by atoms with Gasteiger partial charge >= 0.3 is 0 Å². The number of nitrogens with one attached hydrogen (secondary N) is 1. The average molecular weight is 263 g/mol. The molecule has 1 saturated heterocycles. The second-order valence-electron chi connectivity index (χ2n) is 5.35. The van der Waals surface area contributed by atoms with Gasteiger partial charge in [0.1, 0.15) is 19.0 Å². The van der Waals surface area contributed by atoms with E-state index >= 15 is 0 Å². The summed E-state index contributed by atoms with van der Waals surface area (Å²) in [4.78, 5) is 8.64. The van der Waals surface area contributed by atoms with Gasteiger partial charge in [-0.05, 0) is 32.6 Å². The molecular weight excluding hydrogens is 242 g/mol. The molecule has 1 fully saturated rings. The van der Waals surface area contributed by atoms with Gasteiger partial charge in [0, 0.05) is 18.7 Å². The fraction of sp³-hybridized carbons (Fsp3) is 0.714. The van der Waals surface area contributed by atoms with Crippen molar-refractivity contribution in [3.8, 4) is 5.88 Å². The highest BCUT2D eigenvalue weighted by atomic mass is 16.5. The van der Waals surface area contributed by atoms with E-state index in [1.165, 1.54) is 18.4 Å². The third-order valence-corrected chi connectivity index (χ3v) is 3.72. The molecule has 1 aromatic rings. The van der Waals surface area contributed by atoms with E-state index in [0.29, 0.717) is 6.61 Å². The highest BCUT2D eigenvalue weighted by Crippen LogP contribution is 2.26. The second-order valence-corrected chi connectivity index (χ2v) is 5.35. The minimum atomic E-state index is 0.109. The number of aromatic nitrogens is 2. The van der Waals surface area contributed by atoms with Gasteiger partial charge in [0.2, 0.25) is 5.88 Å². The number of aryl methyl sites for hydroxylation is 1. The highest BCUT2D eigenvalue weighted by Gasteiger charge is 2.21. The fourth-order valence-corrected chi connectivity index (χ4v) is 2.76. The van der Waals surface area contributed by atoms with Crippen molar-refractivity contribution in [2.45, 2.75) is 44.8 Å². The number of hydrogen-bond acceptors (Lipinski definition) is 5. The van der Waals surface area contributed by atoms with Crippen LogP contribution in [0.5, 0.6) is 5.88 Å². The molecule has 19 heavy (non-hydrogen) atoms. The molecule has 2 aliphatic rings. The summed E-state index contributed by atoms with van der Waals surface area (Å²) in [6.07, 6.45) is 6.48. The Morgan fingerprint density at radius 3 is 3.11 bits per heavy atom. The van der Waals surface area contributed by atoms with Crippen LogP contribution in [0.3, 0.4) is 0 Å². The SMILES string of the molecule is CC1CNCC(COc2ncnc3c2CCCC3)O1. The van der Waals surface area contributed by atoms with Crippen molar-refractivity contribution in [1.82, 2.24) is 15.3 Å². The predicted octanol–water partition coefficient (Wildman–Crippen LogP) is 1.11. The molecule has 0 aromatic carbocycles. The average Bonchev–Trinajstić information content (AvgIpc) is 2.45. The molecule has 5 heteroatoms. The van der Waals surface area contributed by atoms with E-state index in [1.807, 2.05) is 0 Å². The first kappa shape index (κ1) is 12.8. The fourth-order valence-electron chi connectivity index (χ4n) is 2.76. The molecule has 1 aromatic heterocycles. The Hall–Kier alpha value is -1.20. The van der Waals surface area contributed by atoms with Crippen LogP contribution in [0.2, 0.25) is 0 Å². The van der Waals surface area contributed by atoms with Gasteiger partial charge in [-0.15, -0.1) is 0 Å². The van der Waals surface area contributed by atoms with Crippen molar-refractivity contribution < 1.29 is 9.47 Å². The summed E-state index contributed by atoms with van der Waals surface area (Å²) in [7, 11) is 0. The van der Waals surface area contributed by atoms with Crippen LogP contribution in [0.25, 0.3) is 0 Å². The molecule has 104 valence electrons. The number of morpholine rings is 1. The molecule has 5 nitrogen and oxygen atoms in total. The minimum absolute atomic E-state index is 0.109. The van der Waals surface area contributed by atoms with E-state index < -0.39 is 0 Å². The normalized spacial score (nSPS) is 26.8. The van der Waals surface area contributed by atoms with Gasteiger partial charge < -0.3 is 14.8 Å². The smallest absolute Gasteiger partial charge is 0.219 e. The quantitative estimate of drug-likeness (QED) is 0.885. The molecule has 1 aliphatic carbocycles. The standard InChI is InChI=1S/C14H21N3O2/c1-10-6-15-7-11(19-10)8-18-14-12-4-2-3-5-13(12)16-9-17-14/h9-11,15H,2-8H2,1H3. The largest absolute Gasteiger partial charge is 0.475 e.